The number of nitrogens with two attached hydrogens (primary N) is 1. The molecule has 0 rings (SSSR count). The Balaban J connectivity index is 4.57. The van der Waals surface area contributed by atoms with Crippen LogP contribution in [0, 0.1) is 0 Å². The van der Waals surface area contributed by atoms with Crippen molar-refractivity contribution >= 4 is 11.8 Å². The zero-order valence-corrected chi connectivity index (χ0v) is 8.81. The van der Waals surface area contributed by atoms with Gasteiger partial charge in [0.05, 0.1) is 5.57 Å². The van der Waals surface area contributed by atoms with E-state index in [0.29, 0.717) is 17.7 Å². The standard InChI is InChI=1S/C9H17N3O2/c1-4-8(10)7(9(14)11-3)5-12-6(2)13/h4-5,10H2,1-3H3,(H,11,14)(H,12,13)/b8-7-. The highest BCUT2D eigenvalue weighted by Crippen LogP contribution is 2.01. The molecule has 0 saturated heterocycles. The third-order valence-corrected chi connectivity index (χ3v) is 1.78. The number of amides is 2. The van der Waals surface area contributed by atoms with Gasteiger partial charge in [-0.15, -0.1) is 0 Å². The molecule has 5 nitrogen and oxygen atoms in total. The summed E-state index contributed by atoms with van der Waals surface area (Å²) in [6, 6.07) is 0. The van der Waals surface area contributed by atoms with Crippen LogP contribution in [-0.2, 0) is 9.59 Å². The smallest absolute Gasteiger partial charge is 0.250 e. The van der Waals surface area contributed by atoms with Gasteiger partial charge in [0.2, 0.25) is 11.8 Å². The molecule has 80 valence electrons. The average molecular weight is 199 g/mol. The molecule has 0 aliphatic rings. The molecule has 0 aromatic carbocycles. The molecule has 0 aliphatic carbocycles. The van der Waals surface area contributed by atoms with Crippen LogP contribution >= 0.6 is 0 Å². The molecule has 5 heteroatoms. The minimum Gasteiger partial charge on any atom is -0.402 e. The van der Waals surface area contributed by atoms with Crippen molar-refractivity contribution in [3.8, 4) is 0 Å². The van der Waals surface area contributed by atoms with Crippen LogP contribution in [-0.4, -0.2) is 25.4 Å². The van der Waals surface area contributed by atoms with Gasteiger partial charge >= 0.3 is 0 Å². The molecule has 0 fully saturated rings. The molecule has 0 unspecified atom stereocenters. The van der Waals surface area contributed by atoms with E-state index in [2.05, 4.69) is 10.6 Å². The maximum Gasteiger partial charge on any atom is 0.250 e. The van der Waals surface area contributed by atoms with Crippen molar-refractivity contribution in [1.82, 2.24) is 10.6 Å². The zero-order valence-electron chi connectivity index (χ0n) is 8.81. The predicted molar refractivity (Wildman–Crippen MR) is 54.3 cm³/mol. The van der Waals surface area contributed by atoms with Crippen LogP contribution < -0.4 is 16.4 Å². The van der Waals surface area contributed by atoms with Crippen molar-refractivity contribution in [2.75, 3.05) is 13.6 Å². The Morgan fingerprint density at radius 3 is 2.29 bits per heavy atom. The van der Waals surface area contributed by atoms with Crippen LogP contribution in [0.3, 0.4) is 0 Å². The van der Waals surface area contributed by atoms with E-state index < -0.39 is 0 Å². The minimum atomic E-state index is -0.252. The van der Waals surface area contributed by atoms with Crippen LogP contribution in [0.2, 0.25) is 0 Å². The maximum absolute atomic E-state index is 11.3. The molecule has 0 aliphatic heterocycles. The van der Waals surface area contributed by atoms with E-state index in [0.717, 1.165) is 0 Å². The van der Waals surface area contributed by atoms with Crippen molar-refractivity contribution in [1.29, 1.82) is 0 Å². The first-order valence-electron chi connectivity index (χ1n) is 4.46. The highest BCUT2D eigenvalue weighted by Gasteiger charge is 2.11. The van der Waals surface area contributed by atoms with Crippen molar-refractivity contribution < 1.29 is 9.59 Å². The van der Waals surface area contributed by atoms with Crippen molar-refractivity contribution in [3.05, 3.63) is 11.3 Å². The van der Waals surface area contributed by atoms with Gasteiger partial charge in [-0.2, -0.15) is 0 Å². The van der Waals surface area contributed by atoms with Gasteiger partial charge in [-0.25, -0.2) is 0 Å². The van der Waals surface area contributed by atoms with Gasteiger partial charge in [-0.3, -0.25) is 9.59 Å². The van der Waals surface area contributed by atoms with Crippen molar-refractivity contribution in [2.45, 2.75) is 20.3 Å². The second-order valence-electron chi connectivity index (χ2n) is 2.85. The molecule has 0 heterocycles. The lowest BCUT2D eigenvalue weighted by Crippen LogP contribution is -2.32. The van der Waals surface area contributed by atoms with Crippen LogP contribution in [0.15, 0.2) is 11.3 Å². The summed E-state index contributed by atoms with van der Waals surface area (Å²) in [6.07, 6.45) is 0.586. The van der Waals surface area contributed by atoms with Gasteiger partial charge in [0, 0.05) is 26.2 Å². The number of nitrogens with one attached hydrogen (secondary N) is 2. The normalized spacial score (nSPS) is 11.6. The molecular formula is C9H17N3O2. The summed E-state index contributed by atoms with van der Waals surface area (Å²) in [6.45, 7) is 3.42. The fourth-order valence-electron chi connectivity index (χ4n) is 0.917. The third kappa shape index (κ3) is 3.93. The third-order valence-electron chi connectivity index (χ3n) is 1.78. The molecule has 0 spiro atoms. The van der Waals surface area contributed by atoms with Crippen LogP contribution in [0.25, 0.3) is 0 Å². The summed E-state index contributed by atoms with van der Waals surface area (Å²) < 4.78 is 0. The maximum atomic E-state index is 11.3. The summed E-state index contributed by atoms with van der Waals surface area (Å²) >= 11 is 0. The Morgan fingerprint density at radius 1 is 1.36 bits per heavy atom. The number of rotatable bonds is 4. The van der Waals surface area contributed by atoms with Crippen molar-refractivity contribution in [3.63, 3.8) is 0 Å². The fraction of sp³-hybridized carbons (Fsp3) is 0.556. The SMILES string of the molecule is CC/C(N)=C(\CNC(C)=O)C(=O)NC. The largest absolute Gasteiger partial charge is 0.402 e. The van der Waals surface area contributed by atoms with Crippen LogP contribution in [0.1, 0.15) is 20.3 Å². The summed E-state index contributed by atoms with van der Waals surface area (Å²) in [5.41, 5.74) is 6.57. The first-order chi connectivity index (χ1) is 6.52. The fourth-order valence-corrected chi connectivity index (χ4v) is 0.917. The predicted octanol–water partition coefficient (Wildman–Crippen LogP) is -0.509. The number of hydrogen-bond donors (Lipinski definition) is 3. The second kappa shape index (κ2) is 6.01. The molecule has 0 aromatic rings. The Morgan fingerprint density at radius 2 is 1.93 bits per heavy atom. The zero-order chi connectivity index (χ0) is 11.1. The summed E-state index contributed by atoms with van der Waals surface area (Å²) in [5, 5.41) is 5.01. The van der Waals surface area contributed by atoms with E-state index in [-0.39, 0.29) is 18.4 Å². The number of allylic oxidation sites excluding steroid dienone is 1. The van der Waals surface area contributed by atoms with E-state index in [9.17, 15) is 9.59 Å². The van der Waals surface area contributed by atoms with Gasteiger partial charge in [0.25, 0.3) is 0 Å². The van der Waals surface area contributed by atoms with Gasteiger partial charge in [0.1, 0.15) is 0 Å². The lowest BCUT2D eigenvalue weighted by Gasteiger charge is -2.09. The minimum absolute atomic E-state index is 0.175. The first-order valence-corrected chi connectivity index (χ1v) is 4.46. The van der Waals surface area contributed by atoms with Gasteiger partial charge in [-0.1, -0.05) is 6.92 Å². The van der Waals surface area contributed by atoms with E-state index in [1.54, 1.807) is 0 Å². The average Bonchev–Trinajstić information content (AvgIpc) is 2.16. The Kier molecular flexibility index (Phi) is 5.36. The molecule has 14 heavy (non-hydrogen) atoms. The Bertz CT molecular complexity index is 259. The quantitative estimate of drug-likeness (QED) is 0.533. The van der Waals surface area contributed by atoms with E-state index >= 15 is 0 Å². The molecule has 0 aromatic heterocycles. The highest BCUT2D eigenvalue weighted by molar-refractivity contribution is 5.94. The number of likely N-dealkylation sites (N-methyl/N-ethyl adjacent to an activating group) is 1. The van der Waals surface area contributed by atoms with E-state index in [1.807, 2.05) is 6.92 Å². The summed E-state index contributed by atoms with van der Waals surface area (Å²) in [5.74, 6) is -0.437. The number of carbonyl (C=O) groups excluding carboxylic acids is 2. The van der Waals surface area contributed by atoms with E-state index in [4.69, 9.17) is 5.73 Å². The second-order valence-corrected chi connectivity index (χ2v) is 2.85. The molecule has 0 bridgehead atoms. The van der Waals surface area contributed by atoms with E-state index in [1.165, 1.54) is 14.0 Å². The number of hydrogen-bond acceptors (Lipinski definition) is 3. The lowest BCUT2D eigenvalue weighted by molar-refractivity contribution is -0.119. The summed E-state index contributed by atoms with van der Waals surface area (Å²) in [7, 11) is 1.53. The van der Waals surface area contributed by atoms with Gasteiger partial charge in [0.15, 0.2) is 0 Å². The van der Waals surface area contributed by atoms with Gasteiger partial charge < -0.3 is 16.4 Å². The number of carbonyl (C=O) groups is 2. The molecule has 4 N–H and O–H groups in total. The summed E-state index contributed by atoms with van der Waals surface area (Å²) in [4.78, 5) is 22.0. The molecule has 2 amide bonds. The topological polar surface area (TPSA) is 84.2 Å². The van der Waals surface area contributed by atoms with Gasteiger partial charge in [-0.05, 0) is 6.42 Å². The molecule has 0 saturated carbocycles. The van der Waals surface area contributed by atoms with Crippen LogP contribution in [0.4, 0.5) is 0 Å². The molecule has 0 atom stereocenters. The molecule has 0 radical (unpaired) electrons. The first kappa shape index (κ1) is 12.5. The lowest BCUT2D eigenvalue weighted by atomic mass is 10.1. The molecular weight excluding hydrogens is 182 g/mol. The highest BCUT2D eigenvalue weighted by atomic mass is 16.2. The van der Waals surface area contributed by atoms with Crippen LogP contribution in [0.5, 0.6) is 0 Å². The Labute approximate surface area is 83.7 Å². The monoisotopic (exact) mass is 199 g/mol. The van der Waals surface area contributed by atoms with Crippen molar-refractivity contribution in [2.24, 2.45) is 5.73 Å². The Hall–Kier alpha value is -1.52.